The highest BCUT2D eigenvalue weighted by Crippen LogP contribution is 2.18. The van der Waals surface area contributed by atoms with Crippen molar-refractivity contribution >= 4 is 5.82 Å². The fourth-order valence-electron chi connectivity index (χ4n) is 1.01. The molecule has 0 unspecified atom stereocenters. The van der Waals surface area contributed by atoms with Gasteiger partial charge in [-0.15, -0.1) is 0 Å². The van der Waals surface area contributed by atoms with Crippen LogP contribution in [0.1, 0.15) is 11.1 Å². The lowest BCUT2D eigenvalue weighted by atomic mass is 10.1. The number of aryl methyl sites for hydroxylation is 1. The minimum atomic E-state index is 0.546. The number of aromatic nitrogens is 1. The van der Waals surface area contributed by atoms with E-state index in [0.717, 1.165) is 5.56 Å². The summed E-state index contributed by atoms with van der Waals surface area (Å²) in [5.41, 5.74) is 1.45. The van der Waals surface area contributed by atoms with Crippen molar-refractivity contribution < 1.29 is 4.84 Å². The predicted octanol–water partition coefficient (Wildman–Crippen LogP) is 1.26. The van der Waals surface area contributed by atoms with E-state index in [9.17, 15) is 0 Å². The summed E-state index contributed by atoms with van der Waals surface area (Å²) in [5, 5.41) is 10.3. The SMILES string of the molecule is CON(C)c1nccc(C)c1C#N. The van der Waals surface area contributed by atoms with E-state index in [4.69, 9.17) is 10.1 Å². The second kappa shape index (κ2) is 3.87. The van der Waals surface area contributed by atoms with Crippen LogP contribution in [0, 0.1) is 18.3 Å². The maximum absolute atomic E-state index is 8.87. The molecule has 0 aliphatic rings. The quantitative estimate of drug-likeness (QED) is 0.638. The molecule has 0 spiro atoms. The first-order chi connectivity index (χ1) is 6.20. The van der Waals surface area contributed by atoms with Crippen molar-refractivity contribution in [2.24, 2.45) is 0 Å². The van der Waals surface area contributed by atoms with Crippen LogP contribution in [0.2, 0.25) is 0 Å². The van der Waals surface area contributed by atoms with Gasteiger partial charge in [0.25, 0.3) is 0 Å². The highest BCUT2D eigenvalue weighted by molar-refractivity contribution is 5.55. The highest BCUT2D eigenvalue weighted by atomic mass is 16.7. The molecule has 0 N–H and O–H groups in total. The van der Waals surface area contributed by atoms with E-state index in [1.165, 1.54) is 12.2 Å². The molecule has 1 aromatic rings. The summed E-state index contributed by atoms with van der Waals surface area (Å²) in [6, 6.07) is 3.89. The predicted molar refractivity (Wildman–Crippen MR) is 49.1 cm³/mol. The first-order valence-corrected chi connectivity index (χ1v) is 3.84. The Kier molecular flexibility index (Phi) is 2.83. The molecule has 0 radical (unpaired) electrons. The van der Waals surface area contributed by atoms with Gasteiger partial charge in [0.1, 0.15) is 6.07 Å². The fourth-order valence-corrected chi connectivity index (χ4v) is 1.01. The largest absolute Gasteiger partial charge is 0.276 e. The summed E-state index contributed by atoms with van der Waals surface area (Å²) in [6.45, 7) is 1.87. The summed E-state index contributed by atoms with van der Waals surface area (Å²) in [7, 11) is 3.24. The first-order valence-electron chi connectivity index (χ1n) is 3.84. The van der Waals surface area contributed by atoms with Gasteiger partial charge < -0.3 is 0 Å². The lowest BCUT2D eigenvalue weighted by molar-refractivity contribution is 0.182. The van der Waals surface area contributed by atoms with Crippen LogP contribution in [0.15, 0.2) is 12.3 Å². The smallest absolute Gasteiger partial charge is 0.170 e. The van der Waals surface area contributed by atoms with Gasteiger partial charge in [-0.05, 0) is 18.6 Å². The number of nitrogens with zero attached hydrogens (tertiary/aromatic N) is 3. The lowest BCUT2D eigenvalue weighted by Gasteiger charge is -2.16. The Hall–Kier alpha value is -1.60. The van der Waals surface area contributed by atoms with Gasteiger partial charge in [-0.1, -0.05) is 0 Å². The minimum Gasteiger partial charge on any atom is -0.276 e. The maximum Gasteiger partial charge on any atom is 0.170 e. The number of anilines is 1. The third-order valence-electron chi connectivity index (χ3n) is 1.82. The van der Waals surface area contributed by atoms with Crippen LogP contribution in [0.4, 0.5) is 5.82 Å². The van der Waals surface area contributed by atoms with Gasteiger partial charge in [-0.2, -0.15) is 5.26 Å². The van der Waals surface area contributed by atoms with Crippen molar-refractivity contribution in [2.75, 3.05) is 19.2 Å². The van der Waals surface area contributed by atoms with Gasteiger partial charge in [-0.3, -0.25) is 4.84 Å². The standard InChI is InChI=1S/C9H11N3O/c1-7-4-5-11-9(8(7)6-10)12(2)13-3/h4-5H,1-3H3. The number of hydrogen-bond acceptors (Lipinski definition) is 4. The zero-order chi connectivity index (χ0) is 9.84. The molecule has 4 heteroatoms. The second-order valence-corrected chi connectivity index (χ2v) is 2.62. The third-order valence-corrected chi connectivity index (χ3v) is 1.82. The van der Waals surface area contributed by atoms with Gasteiger partial charge in [0.05, 0.1) is 12.7 Å². The van der Waals surface area contributed by atoms with Crippen LogP contribution in [0.3, 0.4) is 0 Å². The lowest BCUT2D eigenvalue weighted by Crippen LogP contribution is -2.17. The summed E-state index contributed by atoms with van der Waals surface area (Å²) in [6.07, 6.45) is 1.65. The van der Waals surface area contributed by atoms with Crippen molar-refractivity contribution in [3.05, 3.63) is 23.4 Å². The molecule has 0 fully saturated rings. The molecule has 4 nitrogen and oxygen atoms in total. The number of pyridine rings is 1. The molecule has 1 rings (SSSR count). The van der Waals surface area contributed by atoms with Crippen LogP contribution >= 0.6 is 0 Å². The van der Waals surface area contributed by atoms with Crippen LogP contribution in [0.25, 0.3) is 0 Å². The van der Waals surface area contributed by atoms with Gasteiger partial charge in [0, 0.05) is 13.2 Å². The maximum atomic E-state index is 8.87. The fraction of sp³-hybridized carbons (Fsp3) is 0.333. The second-order valence-electron chi connectivity index (χ2n) is 2.62. The zero-order valence-corrected chi connectivity index (χ0v) is 7.90. The van der Waals surface area contributed by atoms with E-state index in [-0.39, 0.29) is 0 Å². The van der Waals surface area contributed by atoms with E-state index in [0.29, 0.717) is 11.4 Å². The first kappa shape index (κ1) is 9.49. The van der Waals surface area contributed by atoms with Crippen molar-refractivity contribution in [3.8, 4) is 6.07 Å². The molecule has 0 saturated carbocycles. The molecule has 0 amide bonds. The summed E-state index contributed by atoms with van der Waals surface area (Å²) in [5.74, 6) is 0.546. The zero-order valence-electron chi connectivity index (χ0n) is 7.90. The van der Waals surface area contributed by atoms with Crippen molar-refractivity contribution in [1.82, 2.24) is 4.98 Å². The Labute approximate surface area is 77.3 Å². The van der Waals surface area contributed by atoms with Gasteiger partial charge in [0.15, 0.2) is 5.82 Å². The van der Waals surface area contributed by atoms with Crippen molar-refractivity contribution in [3.63, 3.8) is 0 Å². The number of rotatable bonds is 2. The molecule has 0 aliphatic heterocycles. The molecule has 1 heterocycles. The summed E-state index contributed by atoms with van der Waals surface area (Å²) >= 11 is 0. The van der Waals surface area contributed by atoms with Crippen LogP contribution in [-0.4, -0.2) is 19.1 Å². The molecule has 68 valence electrons. The molecule has 0 aromatic carbocycles. The Morgan fingerprint density at radius 2 is 2.31 bits per heavy atom. The molecular weight excluding hydrogens is 166 g/mol. The number of hydrogen-bond donors (Lipinski definition) is 0. The van der Waals surface area contributed by atoms with Crippen molar-refractivity contribution in [1.29, 1.82) is 5.26 Å². The molecular formula is C9H11N3O. The average Bonchev–Trinajstić information content (AvgIpc) is 2.16. The summed E-state index contributed by atoms with van der Waals surface area (Å²) < 4.78 is 0. The van der Waals surface area contributed by atoms with E-state index in [1.54, 1.807) is 19.3 Å². The molecule has 13 heavy (non-hydrogen) atoms. The highest BCUT2D eigenvalue weighted by Gasteiger charge is 2.09. The average molecular weight is 177 g/mol. The van der Waals surface area contributed by atoms with E-state index in [2.05, 4.69) is 11.1 Å². The molecule has 0 saturated heterocycles. The Morgan fingerprint density at radius 1 is 1.62 bits per heavy atom. The Morgan fingerprint density at radius 3 is 2.85 bits per heavy atom. The molecule has 0 atom stereocenters. The molecule has 0 aliphatic carbocycles. The van der Waals surface area contributed by atoms with Crippen molar-refractivity contribution in [2.45, 2.75) is 6.92 Å². The van der Waals surface area contributed by atoms with Gasteiger partial charge in [0.2, 0.25) is 0 Å². The van der Waals surface area contributed by atoms with Crippen LogP contribution in [-0.2, 0) is 4.84 Å². The van der Waals surface area contributed by atoms with E-state index < -0.39 is 0 Å². The van der Waals surface area contributed by atoms with E-state index >= 15 is 0 Å². The normalized spacial score (nSPS) is 9.38. The van der Waals surface area contributed by atoms with Gasteiger partial charge >= 0.3 is 0 Å². The third kappa shape index (κ3) is 1.76. The topological polar surface area (TPSA) is 49.1 Å². The molecule has 0 bridgehead atoms. The monoisotopic (exact) mass is 177 g/mol. The Bertz CT molecular complexity index is 343. The summed E-state index contributed by atoms with van der Waals surface area (Å²) in [4.78, 5) is 9.01. The molecule has 1 aromatic heterocycles. The van der Waals surface area contributed by atoms with Crippen LogP contribution in [0.5, 0.6) is 0 Å². The number of nitriles is 1. The van der Waals surface area contributed by atoms with Crippen LogP contribution < -0.4 is 5.06 Å². The number of hydroxylamine groups is 1. The van der Waals surface area contributed by atoms with E-state index in [1.807, 2.05) is 6.92 Å². The Balaban J connectivity index is 3.22. The minimum absolute atomic E-state index is 0.546. The van der Waals surface area contributed by atoms with Gasteiger partial charge in [-0.25, -0.2) is 10.0 Å².